The normalized spacial score (nSPS) is 20.2. The number of amides is 1. The second kappa shape index (κ2) is 9.75. The fraction of sp³-hybridized carbons (Fsp3) is 0.346. The third kappa shape index (κ3) is 4.36. The Labute approximate surface area is 212 Å². The number of ketones is 1. The standard InChI is InChI=1S/C26H27N5O6/c1-16-4-3-9-29-21(17(2)27-25(16)29)23(32)20-22(18-5-7-19(8-6-18)31(35)36)30(26(34)24(20)33)11-10-28-12-14-37-15-13-28/h3-9,22,32H,10-15H2,1-2H3/t22-/m0/s1. The molecule has 0 unspecified atom stereocenters. The van der Waals surface area contributed by atoms with E-state index in [2.05, 4.69) is 9.88 Å². The van der Waals surface area contributed by atoms with Crippen LogP contribution in [0.15, 0.2) is 48.2 Å². The maximum Gasteiger partial charge on any atom is 0.295 e. The highest BCUT2D eigenvalue weighted by Gasteiger charge is 2.46. The fourth-order valence-electron chi connectivity index (χ4n) is 5.04. The summed E-state index contributed by atoms with van der Waals surface area (Å²) in [7, 11) is 0. The number of aliphatic hydroxyl groups is 1. The Kier molecular flexibility index (Phi) is 6.48. The van der Waals surface area contributed by atoms with Crippen LogP contribution >= 0.6 is 0 Å². The molecule has 2 saturated heterocycles. The van der Waals surface area contributed by atoms with Crippen LogP contribution in [0.4, 0.5) is 5.69 Å². The summed E-state index contributed by atoms with van der Waals surface area (Å²) in [5.74, 6) is -1.85. The summed E-state index contributed by atoms with van der Waals surface area (Å²) < 4.78 is 7.10. The van der Waals surface area contributed by atoms with Gasteiger partial charge in [0.05, 0.1) is 35.4 Å². The maximum absolute atomic E-state index is 13.4. The van der Waals surface area contributed by atoms with Gasteiger partial charge >= 0.3 is 0 Å². The molecule has 1 atom stereocenters. The number of aromatic nitrogens is 2. The smallest absolute Gasteiger partial charge is 0.295 e. The van der Waals surface area contributed by atoms with Gasteiger partial charge in [0.2, 0.25) is 0 Å². The molecule has 0 spiro atoms. The lowest BCUT2D eigenvalue weighted by Crippen LogP contribution is -2.42. The van der Waals surface area contributed by atoms with Crippen molar-refractivity contribution in [3.05, 3.63) is 80.8 Å². The molecule has 2 fully saturated rings. The van der Waals surface area contributed by atoms with Crippen LogP contribution in [-0.2, 0) is 14.3 Å². The highest BCUT2D eigenvalue weighted by Crippen LogP contribution is 2.40. The number of aryl methyl sites for hydroxylation is 2. The van der Waals surface area contributed by atoms with Crippen LogP contribution < -0.4 is 0 Å². The topological polar surface area (TPSA) is 131 Å². The van der Waals surface area contributed by atoms with E-state index in [1.165, 1.54) is 29.2 Å². The van der Waals surface area contributed by atoms with Crippen LogP contribution in [0.25, 0.3) is 11.4 Å². The number of fused-ring (bicyclic) bond motifs is 1. The van der Waals surface area contributed by atoms with Gasteiger partial charge in [-0.2, -0.15) is 0 Å². The molecule has 0 bridgehead atoms. The lowest BCUT2D eigenvalue weighted by Gasteiger charge is -2.31. The van der Waals surface area contributed by atoms with Crippen molar-refractivity contribution in [3.63, 3.8) is 0 Å². The number of carbonyl (C=O) groups is 2. The van der Waals surface area contributed by atoms with Crippen molar-refractivity contribution in [1.29, 1.82) is 0 Å². The highest BCUT2D eigenvalue weighted by molar-refractivity contribution is 6.46. The quantitative estimate of drug-likeness (QED) is 0.178. The van der Waals surface area contributed by atoms with Crippen molar-refractivity contribution in [3.8, 4) is 0 Å². The average Bonchev–Trinajstić information content (AvgIpc) is 3.37. The third-order valence-corrected chi connectivity index (χ3v) is 6.96. The number of morpholine rings is 1. The SMILES string of the molecule is Cc1nc2c(C)cccn2c1C(O)=C1C(=O)C(=O)N(CCN2CCOCC2)[C@H]1c1ccc([N+](=O)[O-])cc1. The number of likely N-dealkylation sites (tertiary alicyclic amines) is 1. The summed E-state index contributed by atoms with van der Waals surface area (Å²) in [6.45, 7) is 7.01. The van der Waals surface area contributed by atoms with E-state index in [4.69, 9.17) is 4.74 Å². The van der Waals surface area contributed by atoms with Crippen molar-refractivity contribution < 1.29 is 24.4 Å². The van der Waals surface area contributed by atoms with Gasteiger partial charge in [-0.1, -0.05) is 6.07 Å². The monoisotopic (exact) mass is 505 g/mol. The van der Waals surface area contributed by atoms with Gasteiger partial charge in [0, 0.05) is 44.5 Å². The molecular formula is C26H27N5O6. The molecule has 192 valence electrons. The average molecular weight is 506 g/mol. The van der Waals surface area contributed by atoms with Gasteiger partial charge in [-0.05, 0) is 43.2 Å². The summed E-state index contributed by atoms with van der Waals surface area (Å²) in [4.78, 5) is 45.5. The summed E-state index contributed by atoms with van der Waals surface area (Å²) in [5, 5.41) is 22.8. The molecular weight excluding hydrogens is 478 g/mol. The van der Waals surface area contributed by atoms with Gasteiger partial charge in [-0.25, -0.2) is 4.98 Å². The molecule has 11 heteroatoms. The van der Waals surface area contributed by atoms with Crippen LogP contribution in [0.1, 0.15) is 28.6 Å². The number of nitro benzene ring substituents is 1. The Bertz CT molecular complexity index is 1420. The zero-order valence-corrected chi connectivity index (χ0v) is 20.6. The first kappa shape index (κ1) is 24.6. The number of imidazole rings is 1. The van der Waals surface area contributed by atoms with E-state index in [0.29, 0.717) is 55.4 Å². The van der Waals surface area contributed by atoms with Gasteiger partial charge in [0.25, 0.3) is 17.4 Å². The van der Waals surface area contributed by atoms with Crippen LogP contribution in [-0.4, -0.2) is 80.3 Å². The number of aliphatic hydroxyl groups excluding tert-OH is 1. The Hall–Kier alpha value is -4.09. The molecule has 2 aromatic heterocycles. The molecule has 3 aromatic rings. The molecule has 11 nitrogen and oxygen atoms in total. The first-order valence-corrected chi connectivity index (χ1v) is 12.1. The largest absolute Gasteiger partial charge is 0.505 e. The minimum atomic E-state index is -0.906. The minimum absolute atomic E-state index is 0.0627. The van der Waals surface area contributed by atoms with E-state index in [9.17, 15) is 24.8 Å². The Morgan fingerprint density at radius 2 is 1.84 bits per heavy atom. The number of benzene rings is 1. The van der Waals surface area contributed by atoms with E-state index >= 15 is 0 Å². The van der Waals surface area contributed by atoms with Crippen LogP contribution in [0.3, 0.4) is 0 Å². The predicted molar refractivity (Wildman–Crippen MR) is 134 cm³/mol. The van der Waals surface area contributed by atoms with Crippen molar-refractivity contribution in [2.45, 2.75) is 19.9 Å². The number of non-ortho nitro benzene ring substituents is 1. The first-order chi connectivity index (χ1) is 17.8. The van der Waals surface area contributed by atoms with Crippen LogP contribution in [0.2, 0.25) is 0 Å². The minimum Gasteiger partial charge on any atom is -0.505 e. The van der Waals surface area contributed by atoms with Crippen LogP contribution in [0, 0.1) is 24.0 Å². The number of hydrogen-bond acceptors (Lipinski definition) is 8. The second-order valence-corrected chi connectivity index (χ2v) is 9.23. The lowest BCUT2D eigenvalue weighted by molar-refractivity contribution is -0.384. The number of pyridine rings is 1. The van der Waals surface area contributed by atoms with Gasteiger partial charge in [0.15, 0.2) is 5.76 Å². The summed E-state index contributed by atoms with van der Waals surface area (Å²) in [6.07, 6.45) is 1.74. The van der Waals surface area contributed by atoms with Gasteiger partial charge in [-0.3, -0.25) is 29.0 Å². The van der Waals surface area contributed by atoms with Gasteiger partial charge < -0.3 is 14.7 Å². The summed E-state index contributed by atoms with van der Waals surface area (Å²) in [5.41, 5.74) is 2.69. The van der Waals surface area contributed by atoms with Crippen molar-refractivity contribution >= 4 is 28.8 Å². The van der Waals surface area contributed by atoms with E-state index < -0.39 is 22.7 Å². The van der Waals surface area contributed by atoms with E-state index in [0.717, 1.165) is 5.56 Å². The molecule has 37 heavy (non-hydrogen) atoms. The Morgan fingerprint density at radius 1 is 1.14 bits per heavy atom. The number of nitrogens with zero attached hydrogens (tertiary/aromatic N) is 5. The zero-order chi connectivity index (χ0) is 26.3. The summed E-state index contributed by atoms with van der Waals surface area (Å²) in [6, 6.07) is 8.52. The molecule has 4 heterocycles. The summed E-state index contributed by atoms with van der Waals surface area (Å²) >= 11 is 0. The van der Waals surface area contributed by atoms with Crippen molar-refractivity contribution in [2.24, 2.45) is 0 Å². The number of Topliss-reactive ketones (excluding diaryl/α,β-unsaturated/α-hetero) is 1. The lowest BCUT2D eigenvalue weighted by atomic mass is 9.96. The fourth-order valence-corrected chi connectivity index (χ4v) is 5.04. The van der Waals surface area contributed by atoms with E-state index in [1.54, 1.807) is 17.5 Å². The van der Waals surface area contributed by atoms with Crippen LogP contribution in [0.5, 0.6) is 0 Å². The highest BCUT2D eigenvalue weighted by atomic mass is 16.6. The second-order valence-electron chi connectivity index (χ2n) is 9.23. The Morgan fingerprint density at radius 3 is 2.51 bits per heavy atom. The molecule has 1 amide bonds. The molecule has 0 aliphatic carbocycles. The van der Waals surface area contributed by atoms with Gasteiger partial charge in [-0.15, -0.1) is 0 Å². The Balaban J connectivity index is 1.62. The predicted octanol–water partition coefficient (Wildman–Crippen LogP) is 2.61. The van der Waals surface area contributed by atoms with Crippen molar-refractivity contribution in [2.75, 3.05) is 39.4 Å². The maximum atomic E-state index is 13.4. The molecule has 1 aromatic carbocycles. The third-order valence-electron chi connectivity index (χ3n) is 6.96. The van der Waals surface area contributed by atoms with E-state index in [-0.39, 0.29) is 23.6 Å². The molecule has 0 radical (unpaired) electrons. The first-order valence-electron chi connectivity index (χ1n) is 12.1. The van der Waals surface area contributed by atoms with Gasteiger partial charge in [0.1, 0.15) is 11.3 Å². The van der Waals surface area contributed by atoms with Crippen molar-refractivity contribution in [1.82, 2.24) is 19.2 Å². The molecule has 1 N–H and O–H groups in total. The number of ether oxygens (including phenoxy) is 1. The zero-order valence-electron chi connectivity index (χ0n) is 20.6. The number of rotatable bonds is 6. The number of carbonyl (C=O) groups excluding carboxylic acids is 2. The van der Waals surface area contributed by atoms with E-state index in [1.807, 2.05) is 19.1 Å². The number of hydrogen-bond donors (Lipinski definition) is 1. The molecule has 2 aliphatic rings. The number of nitro groups is 1. The molecule has 2 aliphatic heterocycles. The molecule has 5 rings (SSSR count). The molecule has 0 saturated carbocycles.